The third-order valence-corrected chi connectivity index (χ3v) is 3.78. The Hall–Kier alpha value is -0.630. The SMILES string of the molecule is CC1=CC(C=O)CC(C)(C)C1CCC(C)O. The molecule has 1 aliphatic rings. The number of hydrogen-bond acceptors (Lipinski definition) is 2. The Morgan fingerprint density at radius 2 is 2.25 bits per heavy atom. The Morgan fingerprint density at radius 1 is 1.62 bits per heavy atom. The van der Waals surface area contributed by atoms with Crippen molar-refractivity contribution in [3.8, 4) is 0 Å². The number of carbonyl (C=O) groups excluding carboxylic acids is 1. The van der Waals surface area contributed by atoms with Gasteiger partial charge in [-0.15, -0.1) is 0 Å². The molecule has 0 aliphatic heterocycles. The molecule has 3 unspecified atom stereocenters. The lowest BCUT2D eigenvalue weighted by Gasteiger charge is -2.40. The molecular formula is C14H24O2. The predicted octanol–water partition coefficient (Wildman–Crippen LogP) is 2.95. The average Bonchev–Trinajstić information content (AvgIpc) is 2.14. The van der Waals surface area contributed by atoms with Gasteiger partial charge in [0.05, 0.1) is 6.10 Å². The van der Waals surface area contributed by atoms with Crippen molar-refractivity contribution in [1.29, 1.82) is 0 Å². The molecule has 0 aromatic carbocycles. The summed E-state index contributed by atoms with van der Waals surface area (Å²) in [6.07, 6.45) is 5.70. The minimum absolute atomic E-state index is 0.0813. The van der Waals surface area contributed by atoms with Crippen LogP contribution in [0, 0.1) is 17.3 Å². The van der Waals surface area contributed by atoms with Crippen LogP contribution in [0.1, 0.15) is 47.0 Å². The molecule has 0 amide bonds. The van der Waals surface area contributed by atoms with Crippen LogP contribution < -0.4 is 0 Å². The van der Waals surface area contributed by atoms with Gasteiger partial charge in [-0.2, -0.15) is 0 Å². The fourth-order valence-electron chi connectivity index (χ4n) is 2.99. The highest BCUT2D eigenvalue weighted by Gasteiger charge is 2.36. The summed E-state index contributed by atoms with van der Waals surface area (Å²) in [6, 6.07) is 0. The number of hydrogen-bond donors (Lipinski definition) is 1. The van der Waals surface area contributed by atoms with Gasteiger partial charge in [-0.3, -0.25) is 0 Å². The van der Waals surface area contributed by atoms with Gasteiger partial charge < -0.3 is 9.90 Å². The summed E-state index contributed by atoms with van der Waals surface area (Å²) in [5.74, 6) is 0.580. The minimum Gasteiger partial charge on any atom is -0.393 e. The molecule has 1 rings (SSSR count). The van der Waals surface area contributed by atoms with Crippen molar-refractivity contribution < 1.29 is 9.90 Å². The topological polar surface area (TPSA) is 37.3 Å². The van der Waals surface area contributed by atoms with E-state index in [1.54, 1.807) is 0 Å². The van der Waals surface area contributed by atoms with E-state index in [0.29, 0.717) is 5.92 Å². The van der Waals surface area contributed by atoms with Gasteiger partial charge in [0.15, 0.2) is 0 Å². The van der Waals surface area contributed by atoms with Crippen LogP contribution in [0.25, 0.3) is 0 Å². The van der Waals surface area contributed by atoms with Crippen LogP contribution in [0.2, 0.25) is 0 Å². The number of allylic oxidation sites excluding steroid dienone is 2. The lowest BCUT2D eigenvalue weighted by Crippen LogP contribution is -2.32. The summed E-state index contributed by atoms with van der Waals surface area (Å²) in [7, 11) is 0. The molecule has 0 saturated heterocycles. The average molecular weight is 224 g/mol. The number of aliphatic hydroxyl groups excluding tert-OH is 1. The summed E-state index contributed by atoms with van der Waals surface area (Å²) in [6.45, 7) is 8.41. The van der Waals surface area contributed by atoms with Gasteiger partial charge in [0.1, 0.15) is 6.29 Å². The zero-order chi connectivity index (χ0) is 12.3. The maximum Gasteiger partial charge on any atom is 0.126 e. The van der Waals surface area contributed by atoms with Crippen LogP contribution >= 0.6 is 0 Å². The van der Waals surface area contributed by atoms with E-state index < -0.39 is 0 Å². The summed E-state index contributed by atoms with van der Waals surface area (Å²) in [5, 5.41) is 9.36. The zero-order valence-corrected chi connectivity index (χ0v) is 10.9. The van der Waals surface area contributed by atoms with E-state index in [9.17, 15) is 9.90 Å². The summed E-state index contributed by atoms with van der Waals surface area (Å²) in [4.78, 5) is 10.9. The molecule has 0 saturated carbocycles. The number of aldehydes is 1. The first-order valence-corrected chi connectivity index (χ1v) is 6.18. The van der Waals surface area contributed by atoms with E-state index in [-0.39, 0.29) is 17.4 Å². The highest BCUT2D eigenvalue weighted by Crippen LogP contribution is 2.44. The number of carbonyl (C=O) groups is 1. The van der Waals surface area contributed by atoms with Crippen molar-refractivity contribution >= 4 is 6.29 Å². The fourth-order valence-corrected chi connectivity index (χ4v) is 2.99. The third kappa shape index (κ3) is 3.18. The molecule has 92 valence electrons. The lowest BCUT2D eigenvalue weighted by molar-refractivity contribution is -0.111. The highest BCUT2D eigenvalue weighted by molar-refractivity contribution is 5.57. The normalized spacial score (nSPS) is 30.7. The molecule has 0 aromatic heterocycles. The summed E-state index contributed by atoms with van der Waals surface area (Å²) >= 11 is 0. The van der Waals surface area contributed by atoms with Gasteiger partial charge in [0.2, 0.25) is 0 Å². The zero-order valence-electron chi connectivity index (χ0n) is 10.9. The van der Waals surface area contributed by atoms with Gasteiger partial charge in [-0.05, 0) is 44.4 Å². The van der Waals surface area contributed by atoms with E-state index in [4.69, 9.17) is 0 Å². The Balaban J connectivity index is 2.77. The fraction of sp³-hybridized carbons (Fsp3) is 0.786. The maximum absolute atomic E-state index is 10.9. The van der Waals surface area contributed by atoms with Crippen molar-refractivity contribution in [1.82, 2.24) is 0 Å². The molecule has 1 aliphatic carbocycles. The number of aliphatic hydroxyl groups is 1. The smallest absolute Gasteiger partial charge is 0.126 e. The monoisotopic (exact) mass is 224 g/mol. The van der Waals surface area contributed by atoms with E-state index >= 15 is 0 Å². The molecule has 3 atom stereocenters. The molecule has 2 nitrogen and oxygen atoms in total. The Kier molecular flexibility index (Phi) is 4.31. The van der Waals surface area contributed by atoms with Gasteiger partial charge in [0, 0.05) is 5.92 Å². The van der Waals surface area contributed by atoms with Crippen molar-refractivity contribution in [2.75, 3.05) is 0 Å². The summed E-state index contributed by atoms with van der Waals surface area (Å²) < 4.78 is 0. The van der Waals surface area contributed by atoms with E-state index in [1.807, 2.05) is 6.92 Å². The maximum atomic E-state index is 10.9. The Morgan fingerprint density at radius 3 is 2.69 bits per heavy atom. The van der Waals surface area contributed by atoms with Gasteiger partial charge in [-0.25, -0.2) is 0 Å². The second-order valence-corrected chi connectivity index (χ2v) is 5.88. The Labute approximate surface area is 98.7 Å². The van der Waals surface area contributed by atoms with Gasteiger partial charge in [-0.1, -0.05) is 25.5 Å². The first-order chi connectivity index (χ1) is 7.36. The van der Waals surface area contributed by atoms with Crippen molar-refractivity contribution in [3.63, 3.8) is 0 Å². The van der Waals surface area contributed by atoms with Crippen LogP contribution in [-0.2, 0) is 4.79 Å². The molecule has 0 bridgehead atoms. The van der Waals surface area contributed by atoms with Crippen LogP contribution in [0.5, 0.6) is 0 Å². The molecule has 0 heterocycles. The Bertz CT molecular complexity index is 276. The third-order valence-electron chi connectivity index (χ3n) is 3.78. The van der Waals surface area contributed by atoms with Crippen LogP contribution in [0.15, 0.2) is 11.6 Å². The van der Waals surface area contributed by atoms with E-state index in [2.05, 4.69) is 26.8 Å². The minimum atomic E-state index is -0.229. The lowest BCUT2D eigenvalue weighted by atomic mass is 9.64. The first-order valence-electron chi connectivity index (χ1n) is 6.18. The molecule has 0 fully saturated rings. The first kappa shape index (κ1) is 13.4. The molecule has 2 heteroatoms. The van der Waals surface area contributed by atoms with Gasteiger partial charge >= 0.3 is 0 Å². The summed E-state index contributed by atoms with van der Waals surface area (Å²) in [5.41, 5.74) is 1.48. The predicted molar refractivity (Wildman–Crippen MR) is 66.1 cm³/mol. The largest absolute Gasteiger partial charge is 0.393 e. The van der Waals surface area contributed by atoms with Crippen molar-refractivity contribution in [2.24, 2.45) is 17.3 Å². The quantitative estimate of drug-likeness (QED) is 0.589. The van der Waals surface area contributed by atoms with Gasteiger partial charge in [0.25, 0.3) is 0 Å². The molecule has 0 spiro atoms. The number of rotatable bonds is 4. The second kappa shape index (κ2) is 5.13. The van der Waals surface area contributed by atoms with Crippen LogP contribution in [0.3, 0.4) is 0 Å². The van der Waals surface area contributed by atoms with Crippen molar-refractivity contribution in [2.45, 2.75) is 53.1 Å². The van der Waals surface area contributed by atoms with Crippen LogP contribution in [-0.4, -0.2) is 17.5 Å². The highest BCUT2D eigenvalue weighted by atomic mass is 16.3. The molecule has 0 aromatic rings. The van der Waals surface area contributed by atoms with Crippen molar-refractivity contribution in [3.05, 3.63) is 11.6 Å². The standard InChI is InChI=1S/C14H24O2/c1-10-7-12(9-15)8-14(3,4)13(10)6-5-11(2)16/h7,9,11-13,16H,5-6,8H2,1-4H3. The molecular weight excluding hydrogens is 200 g/mol. The molecule has 1 N–H and O–H groups in total. The van der Waals surface area contributed by atoms with Crippen LogP contribution in [0.4, 0.5) is 0 Å². The second-order valence-electron chi connectivity index (χ2n) is 5.88. The van der Waals surface area contributed by atoms with E-state index in [0.717, 1.165) is 25.5 Å². The molecule has 0 radical (unpaired) electrons. The van der Waals surface area contributed by atoms with E-state index in [1.165, 1.54) is 5.57 Å². The molecule has 16 heavy (non-hydrogen) atoms.